The van der Waals surface area contributed by atoms with Crippen molar-refractivity contribution in [3.63, 3.8) is 0 Å². The van der Waals surface area contributed by atoms with E-state index in [2.05, 4.69) is 0 Å². The molecule has 0 aliphatic rings. The Bertz CT molecular complexity index is 640. The van der Waals surface area contributed by atoms with Crippen LogP contribution in [0.15, 0.2) is 42.5 Å². The Balaban J connectivity index is 2.37. The van der Waals surface area contributed by atoms with Gasteiger partial charge in [-0.2, -0.15) is 13.2 Å². The van der Waals surface area contributed by atoms with E-state index in [-0.39, 0.29) is 5.78 Å². The number of halogens is 3. The van der Waals surface area contributed by atoms with Crippen LogP contribution in [0.2, 0.25) is 0 Å². The molecule has 0 amide bonds. The molecule has 0 radical (unpaired) electrons. The fraction of sp³-hybridized carbons (Fsp3) is 0.188. The highest BCUT2D eigenvalue weighted by Crippen LogP contribution is 2.31. The first-order valence-electron chi connectivity index (χ1n) is 6.08. The van der Waals surface area contributed by atoms with E-state index in [1.807, 2.05) is 6.92 Å². The van der Waals surface area contributed by atoms with Gasteiger partial charge in [0.05, 0.1) is 5.56 Å². The Morgan fingerprint density at radius 2 is 1.50 bits per heavy atom. The molecular weight excluding hydrogens is 265 g/mol. The van der Waals surface area contributed by atoms with Crippen molar-refractivity contribution >= 4 is 5.78 Å². The zero-order valence-corrected chi connectivity index (χ0v) is 11.1. The summed E-state index contributed by atoms with van der Waals surface area (Å²) < 4.78 is 37.5. The number of hydrogen-bond acceptors (Lipinski definition) is 1. The molecule has 0 unspecified atom stereocenters. The van der Waals surface area contributed by atoms with E-state index >= 15 is 0 Å². The Kier molecular flexibility index (Phi) is 3.66. The van der Waals surface area contributed by atoms with E-state index in [4.69, 9.17) is 0 Å². The van der Waals surface area contributed by atoms with Crippen LogP contribution in [0.4, 0.5) is 13.2 Å². The van der Waals surface area contributed by atoms with Crippen molar-refractivity contribution in [3.8, 4) is 11.1 Å². The molecule has 104 valence electrons. The molecular formula is C16H13F3O. The first-order chi connectivity index (χ1) is 9.29. The summed E-state index contributed by atoms with van der Waals surface area (Å²) in [6.07, 6.45) is -4.33. The molecule has 2 aromatic rings. The lowest BCUT2D eigenvalue weighted by atomic mass is 9.97. The zero-order valence-electron chi connectivity index (χ0n) is 11.1. The second-order valence-electron chi connectivity index (χ2n) is 4.66. The number of benzene rings is 2. The molecule has 0 aliphatic carbocycles. The predicted molar refractivity (Wildman–Crippen MR) is 71.6 cm³/mol. The average molecular weight is 278 g/mol. The summed E-state index contributed by atoms with van der Waals surface area (Å²) in [6.45, 7) is 3.30. The summed E-state index contributed by atoms with van der Waals surface area (Å²) in [5.41, 5.74) is 2.26. The predicted octanol–water partition coefficient (Wildman–Crippen LogP) is 4.88. The van der Waals surface area contributed by atoms with Gasteiger partial charge in [0.25, 0.3) is 0 Å². The highest BCUT2D eigenvalue weighted by atomic mass is 19.4. The van der Waals surface area contributed by atoms with Crippen LogP contribution in [0.25, 0.3) is 11.1 Å². The number of carbonyl (C=O) groups is 1. The van der Waals surface area contributed by atoms with E-state index in [0.717, 1.165) is 23.3 Å². The van der Waals surface area contributed by atoms with Crippen molar-refractivity contribution < 1.29 is 18.0 Å². The van der Waals surface area contributed by atoms with Crippen LogP contribution in [0.5, 0.6) is 0 Å². The summed E-state index contributed by atoms with van der Waals surface area (Å²) in [7, 11) is 0. The molecule has 2 rings (SSSR count). The lowest BCUT2D eigenvalue weighted by molar-refractivity contribution is -0.137. The maximum atomic E-state index is 12.5. The topological polar surface area (TPSA) is 17.1 Å². The van der Waals surface area contributed by atoms with Gasteiger partial charge in [-0.3, -0.25) is 4.79 Å². The summed E-state index contributed by atoms with van der Waals surface area (Å²) in [4.78, 5) is 11.3. The monoisotopic (exact) mass is 278 g/mol. The minimum absolute atomic E-state index is 0.0264. The van der Waals surface area contributed by atoms with Crippen molar-refractivity contribution in [3.05, 3.63) is 59.2 Å². The highest BCUT2D eigenvalue weighted by Gasteiger charge is 2.29. The first kappa shape index (κ1) is 14.3. The van der Waals surface area contributed by atoms with Crippen molar-refractivity contribution in [2.24, 2.45) is 0 Å². The summed E-state index contributed by atoms with van der Waals surface area (Å²) in [5, 5.41) is 0. The van der Waals surface area contributed by atoms with Crippen LogP contribution >= 0.6 is 0 Å². The summed E-state index contributed by atoms with van der Waals surface area (Å²) in [5.74, 6) is -0.0264. The van der Waals surface area contributed by atoms with Gasteiger partial charge in [-0.05, 0) is 42.7 Å². The Labute approximate surface area is 115 Å². The van der Waals surface area contributed by atoms with E-state index in [1.54, 1.807) is 18.2 Å². The SMILES string of the molecule is CC(=O)c1ccc(-c2ccc(C(F)(F)F)cc2)cc1C. The second-order valence-corrected chi connectivity index (χ2v) is 4.66. The third-order valence-electron chi connectivity index (χ3n) is 3.15. The standard InChI is InChI=1S/C16H13F3O/c1-10-9-13(5-8-15(10)11(2)20)12-3-6-14(7-4-12)16(17,18)19/h3-9H,1-2H3. The quantitative estimate of drug-likeness (QED) is 0.715. The molecule has 4 heteroatoms. The van der Waals surface area contributed by atoms with Crippen molar-refractivity contribution in [2.75, 3.05) is 0 Å². The van der Waals surface area contributed by atoms with Crippen LogP contribution < -0.4 is 0 Å². The number of Topliss-reactive ketones (excluding diaryl/α,β-unsaturated/α-hetero) is 1. The minimum atomic E-state index is -4.33. The summed E-state index contributed by atoms with van der Waals surface area (Å²) in [6, 6.07) is 10.2. The van der Waals surface area contributed by atoms with Crippen molar-refractivity contribution in [1.82, 2.24) is 0 Å². The van der Waals surface area contributed by atoms with Crippen molar-refractivity contribution in [2.45, 2.75) is 20.0 Å². The maximum Gasteiger partial charge on any atom is 0.416 e. The van der Waals surface area contributed by atoms with E-state index in [9.17, 15) is 18.0 Å². The fourth-order valence-corrected chi connectivity index (χ4v) is 2.09. The first-order valence-corrected chi connectivity index (χ1v) is 6.08. The normalized spacial score (nSPS) is 11.4. The Morgan fingerprint density at radius 3 is 1.95 bits per heavy atom. The summed E-state index contributed by atoms with van der Waals surface area (Å²) >= 11 is 0. The molecule has 0 heterocycles. The molecule has 0 aromatic heterocycles. The molecule has 1 nitrogen and oxygen atoms in total. The number of rotatable bonds is 2. The van der Waals surface area contributed by atoms with E-state index in [0.29, 0.717) is 11.1 Å². The van der Waals surface area contributed by atoms with Crippen molar-refractivity contribution in [1.29, 1.82) is 0 Å². The van der Waals surface area contributed by atoms with Gasteiger partial charge in [0.1, 0.15) is 0 Å². The molecule has 20 heavy (non-hydrogen) atoms. The zero-order chi connectivity index (χ0) is 14.9. The van der Waals surface area contributed by atoms with Gasteiger partial charge < -0.3 is 0 Å². The van der Waals surface area contributed by atoms with Gasteiger partial charge in [0.2, 0.25) is 0 Å². The molecule has 0 bridgehead atoms. The Hall–Kier alpha value is -2.10. The molecule has 0 fully saturated rings. The lowest BCUT2D eigenvalue weighted by Gasteiger charge is -2.09. The van der Waals surface area contributed by atoms with Crippen LogP contribution in [0, 0.1) is 6.92 Å². The third-order valence-corrected chi connectivity index (χ3v) is 3.15. The van der Waals surface area contributed by atoms with E-state index in [1.165, 1.54) is 19.1 Å². The van der Waals surface area contributed by atoms with Gasteiger partial charge in [0, 0.05) is 5.56 Å². The van der Waals surface area contributed by atoms with Gasteiger partial charge in [-0.25, -0.2) is 0 Å². The van der Waals surface area contributed by atoms with Crippen LogP contribution in [0.1, 0.15) is 28.4 Å². The molecule has 0 N–H and O–H groups in total. The lowest BCUT2D eigenvalue weighted by Crippen LogP contribution is -2.04. The molecule has 0 saturated carbocycles. The second kappa shape index (κ2) is 5.12. The van der Waals surface area contributed by atoms with Crippen LogP contribution in [-0.4, -0.2) is 5.78 Å². The van der Waals surface area contributed by atoms with Crippen LogP contribution in [-0.2, 0) is 6.18 Å². The highest BCUT2D eigenvalue weighted by molar-refractivity contribution is 5.96. The van der Waals surface area contributed by atoms with E-state index < -0.39 is 11.7 Å². The number of alkyl halides is 3. The molecule has 0 spiro atoms. The maximum absolute atomic E-state index is 12.5. The Morgan fingerprint density at radius 1 is 0.950 bits per heavy atom. The molecule has 0 atom stereocenters. The fourth-order valence-electron chi connectivity index (χ4n) is 2.09. The van der Waals surface area contributed by atoms with Crippen LogP contribution in [0.3, 0.4) is 0 Å². The molecule has 2 aromatic carbocycles. The molecule has 0 saturated heterocycles. The van der Waals surface area contributed by atoms with Gasteiger partial charge >= 0.3 is 6.18 Å². The average Bonchev–Trinajstić information content (AvgIpc) is 2.37. The number of hydrogen-bond donors (Lipinski definition) is 0. The minimum Gasteiger partial charge on any atom is -0.295 e. The third kappa shape index (κ3) is 2.90. The number of carbonyl (C=O) groups excluding carboxylic acids is 1. The largest absolute Gasteiger partial charge is 0.416 e. The van der Waals surface area contributed by atoms with Gasteiger partial charge in [-0.1, -0.05) is 30.3 Å². The number of aryl methyl sites for hydroxylation is 1. The molecule has 0 aliphatic heterocycles. The van der Waals surface area contributed by atoms with Gasteiger partial charge in [-0.15, -0.1) is 0 Å². The smallest absolute Gasteiger partial charge is 0.295 e. The van der Waals surface area contributed by atoms with Gasteiger partial charge in [0.15, 0.2) is 5.78 Å². The number of ketones is 1.